The molecule has 4 rings (SSSR count). The lowest BCUT2D eigenvalue weighted by Gasteiger charge is -2.33. The van der Waals surface area contributed by atoms with Crippen LogP contribution in [0.1, 0.15) is 18.4 Å². The van der Waals surface area contributed by atoms with Gasteiger partial charge in [-0.25, -0.2) is 9.97 Å². The highest BCUT2D eigenvalue weighted by Crippen LogP contribution is 2.17. The van der Waals surface area contributed by atoms with Crippen molar-refractivity contribution in [3.63, 3.8) is 0 Å². The largest absolute Gasteiger partial charge is 0.351 e. The molecular formula is C21H22N4O. The van der Waals surface area contributed by atoms with Gasteiger partial charge in [-0.05, 0) is 35.2 Å². The average molecular weight is 346 g/mol. The summed E-state index contributed by atoms with van der Waals surface area (Å²) in [6, 6.07) is 16.4. The monoisotopic (exact) mass is 346 g/mol. The van der Waals surface area contributed by atoms with Crippen LogP contribution in [-0.4, -0.2) is 35.0 Å². The zero-order valence-corrected chi connectivity index (χ0v) is 14.6. The van der Waals surface area contributed by atoms with Gasteiger partial charge in [0.2, 0.25) is 11.9 Å². The van der Waals surface area contributed by atoms with E-state index < -0.39 is 0 Å². The minimum Gasteiger partial charge on any atom is -0.351 e. The standard InChI is InChI=1S/C21H22N4O/c26-20(14-16-8-9-17-5-1-2-6-18(17)13-16)24-19-7-3-12-25(15-19)21-22-10-4-11-23-21/h1-2,4-6,8-11,13,19H,3,7,12,14-15H2,(H,24,26)/t19-/m1/s1. The molecule has 3 aromatic rings. The minimum atomic E-state index is 0.0705. The summed E-state index contributed by atoms with van der Waals surface area (Å²) >= 11 is 0. The Bertz CT molecular complexity index is 897. The van der Waals surface area contributed by atoms with E-state index in [0.29, 0.717) is 6.42 Å². The summed E-state index contributed by atoms with van der Waals surface area (Å²) in [4.78, 5) is 23.3. The lowest BCUT2D eigenvalue weighted by molar-refractivity contribution is -0.121. The molecule has 0 bridgehead atoms. The summed E-state index contributed by atoms with van der Waals surface area (Å²) in [7, 11) is 0. The molecule has 5 nitrogen and oxygen atoms in total. The summed E-state index contributed by atoms with van der Waals surface area (Å²) in [6.07, 6.45) is 5.93. The molecule has 1 aliphatic heterocycles. The molecule has 2 aromatic carbocycles. The first kappa shape index (κ1) is 16.5. The number of anilines is 1. The highest BCUT2D eigenvalue weighted by Gasteiger charge is 2.22. The Morgan fingerprint density at radius 2 is 1.88 bits per heavy atom. The van der Waals surface area contributed by atoms with E-state index in [0.717, 1.165) is 37.4 Å². The van der Waals surface area contributed by atoms with Crippen LogP contribution in [0.4, 0.5) is 5.95 Å². The molecular weight excluding hydrogens is 324 g/mol. The van der Waals surface area contributed by atoms with Crippen molar-refractivity contribution in [1.82, 2.24) is 15.3 Å². The van der Waals surface area contributed by atoms with E-state index in [1.807, 2.05) is 24.3 Å². The Balaban J connectivity index is 1.37. The molecule has 1 fully saturated rings. The molecule has 0 unspecified atom stereocenters. The van der Waals surface area contributed by atoms with Crippen molar-refractivity contribution < 1.29 is 4.79 Å². The van der Waals surface area contributed by atoms with Gasteiger partial charge in [-0.1, -0.05) is 42.5 Å². The number of nitrogens with zero attached hydrogens (tertiary/aromatic N) is 3. The molecule has 26 heavy (non-hydrogen) atoms. The van der Waals surface area contributed by atoms with Gasteiger partial charge >= 0.3 is 0 Å². The fourth-order valence-electron chi connectivity index (χ4n) is 3.54. The maximum Gasteiger partial charge on any atom is 0.225 e. The van der Waals surface area contributed by atoms with Crippen molar-refractivity contribution in [3.05, 3.63) is 66.5 Å². The fraction of sp³-hybridized carbons (Fsp3) is 0.286. The molecule has 2 heterocycles. The Hall–Kier alpha value is -2.95. The number of benzene rings is 2. The van der Waals surface area contributed by atoms with Crippen molar-refractivity contribution >= 4 is 22.6 Å². The summed E-state index contributed by atoms with van der Waals surface area (Å²) in [5.41, 5.74) is 1.04. The Morgan fingerprint density at radius 3 is 2.73 bits per heavy atom. The molecule has 132 valence electrons. The molecule has 1 N–H and O–H groups in total. The molecule has 1 aromatic heterocycles. The summed E-state index contributed by atoms with van der Waals surface area (Å²) in [5.74, 6) is 0.807. The maximum atomic E-state index is 12.5. The maximum absolute atomic E-state index is 12.5. The third-order valence-electron chi connectivity index (χ3n) is 4.80. The zero-order valence-electron chi connectivity index (χ0n) is 14.6. The third kappa shape index (κ3) is 3.82. The fourth-order valence-corrected chi connectivity index (χ4v) is 3.54. The summed E-state index contributed by atoms with van der Waals surface area (Å²) in [5, 5.41) is 5.55. The molecule has 0 spiro atoms. The molecule has 5 heteroatoms. The predicted octanol–water partition coefficient (Wildman–Crippen LogP) is 2.96. The van der Waals surface area contributed by atoms with Crippen LogP contribution in [0, 0.1) is 0 Å². The number of carbonyl (C=O) groups excluding carboxylic acids is 1. The summed E-state index contributed by atoms with van der Waals surface area (Å²) < 4.78 is 0. The smallest absolute Gasteiger partial charge is 0.225 e. The summed E-state index contributed by atoms with van der Waals surface area (Å²) in [6.45, 7) is 1.69. The van der Waals surface area contributed by atoms with E-state index in [1.54, 1.807) is 12.4 Å². The first-order valence-corrected chi connectivity index (χ1v) is 9.07. The molecule has 1 saturated heterocycles. The van der Waals surface area contributed by atoms with Gasteiger partial charge in [-0.15, -0.1) is 0 Å². The highest BCUT2D eigenvalue weighted by molar-refractivity contribution is 5.85. The topological polar surface area (TPSA) is 58.1 Å². The van der Waals surface area contributed by atoms with Crippen molar-refractivity contribution in [2.24, 2.45) is 0 Å². The van der Waals surface area contributed by atoms with E-state index in [-0.39, 0.29) is 11.9 Å². The van der Waals surface area contributed by atoms with Gasteiger partial charge in [-0.2, -0.15) is 0 Å². The van der Waals surface area contributed by atoms with Gasteiger partial charge in [0.25, 0.3) is 0 Å². The van der Waals surface area contributed by atoms with Crippen LogP contribution in [0.3, 0.4) is 0 Å². The normalized spacial score (nSPS) is 17.2. The van der Waals surface area contributed by atoms with Crippen LogP contribution < -0.4 is 10.2 Å². The Labute approximate surface area is 153 Å². The van der Waals surface area contributed by atoms with E-state index >= 15 is 0 Å². The SMILES string of the molecule is O=C(Cc1ccc2ccccc2c1)N[C@@H]1CCCN(c2ncccn2)C1. The third-order valence-corrected chi connectivity index (χ3v) is 4.80. The van der Waals surface area contributed by atoms with Gasteiger partial charge in [-0.3, -0.25) is 4.79 Å². The van der Waals surface area contributed by atoms with Crippen LogP contribution in [0.15, 0.2) is 60.9 Å². The van der Waals surface area contributed by atoms with E-state index in [4.69, 9.17) is 0 Å². The van der Waals surface area contributed by atoms with E-state index in [9.17, 15) is 4.79 Å². The van der Waals surface area contributed by atoms with Crippen molar-refractivity contribution in [1.29, 1.82) is 0 Å². The van der Waals surface area contributed by atoms with Gasteiger partial charge in [0.05, 0.1) is 6.42 Å². The van der Waals surface area contributed by atoms with Crippen molar-refractivity contribution in [2.45, 2.75) is 25.3 Å². The van der Waals surface area contributed by atoms with Crippen LogP contribution in [0.5, 0.6) is 0 Å². The van der Waals surface area contributed by atoms with Gasteiger partial charge in [0.15, 0.2) is 0 Å². The number of aromatic nitrogens is 2. The number of amides is 1. The number of fused-ring (bicyclic) bond motifs is 1. The van der Waals surface area contributed by atoms with Crippen LogP contribution in [0.25, 0.3) is 10.8 Å². The van der Waals surface area contributed by atoms with Crippen LogP contribution in [0.2, 0.25) is 0 Å². The zero-order chi connectivity index (χ0) is 17.8. The second kappa shape index (κ2) is 7.52. The number of nitrogens with one attached hydrogen (secondary N) is 1. The van der Waals surface area contributed by atoms with Crippen LogP contribution >= 0.6 is 0 Å². The number of hydrogen-bond acceptors (Lipinski definition) is 4. The minimum absolute atomic E-state index is 0.0705. The molecule has 1 amide bonds. The molecule has 1 aliphatic rings. The Morgan fingerprint density at radius 1 is 1.08 bits per heavy atom. The number of hydrogen-bond donors (Lipinski definition) is 1. The first-order valence-electron chi connectivity index (χ1n) is 9.07. The second-order valence-corrected chi connectivity index (χ2v) is 6.76. The first-order chi connectivity index (χ1) is 12.8. The van der Waals surface area contributed by atoms with Gasteiger partial charge in [0.1, 0.15) is 0 Å². The van der Waals surface area contributed by atoms with Crippen LogP contribution in [-0.2, 0) is 11.2 Å². The number of carbonyl (C=O) groups is 1. The van der Waals surface area contributed by atoms with Gasteiger partial charge < -0.3 is 10.2 Å². The van der Waals surface area contributed by atoms with E-state index in [2.05, 4.69) is 44.5 Å². The van der Waals surface area contributed by atoms with Gasteiger partial charge in [0, 0.05) is 31.5 Å². The lowest BCUT2D eigenvalue weighted by atomic mass is 10.0. The number of rotatable bonds is 4. The quantitative estimate of drug-likeness (QED) is 0.789. The highest BCUT2D eigenvalue weighted by atomic mass is 16.1. The molecule has 0 saturated carbocycles. The van der Waals surface area contributed by atoms with Crippen molar-refractivity contribution in [3.8, 4) is 0 Å². The van der Waals surface area contributed by atoms with E-state index in [1.165, 1.54) is 10.8 Å². The van der Waals surface area contributed by atoms with Crippen molar-refractivity contribution in [2.75, 3.05) is 18.0 Å². The molecule has 0 radical (unpaired) electrons. The lowest BCUT2D eigenvalue weighted by Crippen LogP contribution is -2.48. The average Bonchev–Trinajstić information content (AvgIpc) is 2.69. The number of piperidine rings is 1. The molecule has 1 atom stereocenters. The second-order valence-electron chi connectivity index (χ2n) is 6.76. The predicted molar refractivity (Wildman–Crippen MR) is 103 cm³/mol. The molecule has 0 aliphatic carbocycles. The Kier molecular flexibility index (Phi) is 4.78.